The zero-order valence-corrected chi connectivity index (χ0v) is 16.9. The second-order valence-corrected chi connectivity index (χ2v) is 7.76. The summed E-state index contributed by atoms with van der Waals surface area (Å²) in [4.78, 5) is 16.6. The molecule has 6 nitrogen and oxygen atoms in total. The first kappa shape index (κ1) is 19.2. The van der Waals surface area contributed by atoms with Crippen molar-refractivity contribution in [1.82, 2.24) is 9.71 Å². The molecule has 8 heteroatoms. The summed E-state index contributed by atoms with van der Waals surface area (Å²) in [5.74, 6) is 0.0333. The highest BCUT2D eigenvalue weighted by Gasteiger charge is 2.12. The predicted octanol–water partition coefficient (Wildman–Crippen LogP) is 4.88. The van der Waals surface area contributed by atoms with Crippen LogP contribution in [-0.4, -0.2) is 15.1 Å². The molecule has 0 bridgehead atoms. The van der Waals surface area contributed by atoms with E-state index in [9.17, 15) is 9.00 Å². The van der Waals surface area contributed by atoms with Gasteiger partial charge in [-0.3, -0.25) is 14.2 Å². The van der Waals surface area contributed by atoms with Gasteiger partial charge in [0.15, 0.2) is 5.58 Å². The fourth-order valence-corrected chi connectivity index (χ4v) is 3.49. The summed E-state index contributed by atoms with van der Waals surface area (Å²) in [7, 11) is 0. The number of carbonyl (C=O) groups is 1. The molecule has 1 heterocycles. The van der Waals surface area contributed by atoms with Crippen LogP contribution in [0.3, 0.4) is 0 Å². The number of nitrogens with zero attached hydrogens (tertiary/aromatic N) is 1. The Bertz CT molecular complexity index is 1200. The highest BCUT2D eigenvalue weighted by atomic mass is 35.5. The van der Waals surface area contributed by atoms with Gasteiger partial charge in [-0.2, -0.15) is 0 Å². The normalized spacial score (nSPS) is 11.9. The maximum Gasteiger partial charge on any atom is 0.264 e. The van der Waals surface area contributed by atoms with Crippen LogP contribution in [0.15, 0.2) is 71.1 Å². The minimum absolute atomic E-state index is 0.427. The Kier molecular flexibility index (Phi) is 5.33. The van der Waals surface area contributed by atoms with Crippen molar-refractivity contribution in [2.45, 2.75) is 6.92 Å². The van der Waals surface area contributed by atoms with Gasteiger partial charge in [-0.1, -0.05) is 29.3 Å². The number of anilines is 1. The molecule has 1 amide bonds. The van der Waals surface area contributed by atoms with Crippen LogP contribution in [0.5, 0.6) is 0 Å². The Morgan fingerprint density at radius 1 is 1.03 bits per heavy atom. The molecule has 0 aliphatic heterocycles. The molecule has 0 spiro atoms. The van der Waals surface area contributed by atoms with Crippen molar-refractivity contribution < 1.29 is 13.4 Å². The third kappa shape index (κ3) is 4.47. The van der Waals surface area contributed by atoms with Crippen molar-refractivity contribution in [3.05, 3.63) is 82.9 Å². The fraction of sp³-hybridized carbons (Fsp3) is 0.0476. The summed E-state index contributed by atoms with van der Waals surface area (Å²) in [6.45, 7) is 1.93. The van der Waals surface area contributed by atoms with E-state index in [4.69, 9.17) is 16.0 Å². The van der Waals surface area contributed by atoms with Gasteiger partial charge >= 0.3 is 0 Å². The fourth-order valence-electron chi connectivity index (χ4n) is 2.69. The van der Waals surface area contributed by atoms with Gasteiger partial charge in [-0.05, 0) is 61.5 Å². The molecule has 3 aromatic carbocycles. The van der Waals surface area contributed by atoms with E-state index in [1.165, 1.54) is 0 Å². The molecule has 29 heavy (non-hydrogen) atoms. The number of rotatable bonds is 5. The summed E-state index contributed by atoms with van der Waals surface area (Å²) < 4.78 is 23.2. The Balaban J connectivity index is 1.47. The molecule has 0 aliphatic rings. The number of halogens is 1. The quantitative estimate of drug-likeness (QED) is 0.477. The summed E-state index contributed by atoms with van der Waals surface area (Å²) in [5, 5.41) is 0.631. The van der Waals surface area contributed by atoms with Crippen molar-refractivity contribution in [1.29, 1.82) is 0 Å². The lowest BCUT2D eigenvalue weighted by atomic mass is 10.1. The van der Waals surface area contributed by atoms with Crippen molar-refractivity contribution in [2.75, 3.05) is 4.72 Å². The molecule has 0 saturated heterocycles. The van der Waals surface area contributed by atoms with Crippen molar-refractivity contribution in [3.63, 3.8) is 0 Å². The number of nitrogens with one attached hydrogen (secondary N) is 2. The Morgan fingerprint density at radius 3 is 2.48 bits per heavy atom. The van der Waals surface area contributed by atoms with Crippen LogP contribution in [-0.2, 0) is 11.2 Å². The maximum atomic E-state index is 12.3. The van der Waals surface area contributed by atoms with Gasteiger partial charge in [0.1, 0.15) is 5.52 Å². The van der Waals surface area contributed by atoms with Crippen LogP contribution < -0.4 is 9.44 Å². The molecule has 0 saturated carbocycles. The topological polar surface area (TPSA) is 84.2 Å². The van der Waals surface area contributed by atoms with E-state index in [-0.39, 0.29) is 0 Å². The van der Waals surface area contributed by atoms with E-state index in [0.717, 1.165) is 11.1 Å². The molecule has 4 rings (SSSR count). The van der Waals surface area contributed by atoms with Gasteiger partial charge in [-0.25, -0.2) is 9.19 Å². The summed E-state index contributed by atoms with van der Waals surface area (Å²) in [6.07, 6.45) is 0. The van der Waals surface area contributed by atoms with Crippen LogP contribution >= 0.6 is 11.6 Å². The molecule has 0 fully saturated rings. The summed E-state index contributed by atoms with van der Waals surface area (Å²) in [6, 6.07) is 19.3. The number of aromatic nitrogens is 1. The number of fused-ring (bicyclic) bond motifs is 1. The second kappa shape index (κ2) is 8.06. The SMILES string of the molecule is Cc1ccc(C(=O)NS(=O)Nc2ccc3oc(-c4ccc(Cl)cc4)nc3c2)cc1. The zero-order valence-electron chi connectivity index (χ0n) is 15.3. The Morgan fingerprint density at radius 2 is 1.76 bits per heavy atom. The Hall–Kier alpha value is -3.16. The predicted molar refractivity (Wildman–Crippen MR) is 115 cm³/mol. The summed E-state index contributed by atoms with van der Waals surface area (Å²) >= 11 is 4.11. The molecular formula is C21H16ClN3O3S. The van der Waals surface area contributed by atoms with Crippen LogP contribution in [0.4, 0.5) is 5.69 Å². The largest absolute Gasteiger partial charge is 0.436 e. The van der Waals surface area contributed by atoms with Crippen LogP contribution in [0, 0.1) is 6.92 Å². The number of carbonyl (C=O) groups excluding carboxylic acids is 1. The maximum absolute atomic E-state index is 12.3. The number of amides is 1. The number of hydrogen-bond donors (Lipinski definition) is 2. The van der Waals surface area contributed by atoms with Gasteiger partial charge < -0.3 is 4.42 Å². The van der Waals surface area contributed by atoms with Gasteiger partial charge in [0, 0.05) is 16.1 Å². The van der Waals surface area contributed by atoms with Gasteiger partial charge in [0.25, 0.3) is 5.91 Å². The minimum Gasteiger partial charge on any atom is -0.436 e. The highest BCUT2D eigenvalue weighted by Crippen LogP contribution is 2.27. The third-order valence-corrected chi connectivity index (χ3v) is 5.23. The molecule has 4 aromatic rings. The second-order valence-electron chi connectivity index (χ2n) is 6.38. The average molecular weight is 426 g/mol. The number of hydrogen-bond acceptors (Lipinski definition) is 4. The van der Waals surface area contributed by atoms with Crippen LogP contribution in [0.25, 0.3) is 22.6 Å². The molecule has 0 radical (unpaired) electrons. The number of aryl methyl sites for hydroxylation is 1. The first-order valence-corrected chi connectivity index (χ1v) is 10.2. The third-order valence-electron chi connectivity index (χ3n) is 4.19. The van der Waals surface area contributed by atoms with Crippen molar-refractivity contribution in [2.24, 2.45) is 0 Å². The lowest BCUT2D eigenvalue weighted by molar-refractivity contribution is 0.0983. The van der Waals surface area contributed by atoms with Crippen LogP contribution in [0.2, 0.25) is 5.02 Å². The van der Waals surface area contributed by atoms with E-state index >= 15 is 0 Å². The van der Waals surface area contributed by atoms with Gasteiger partial charge in [0.2, 0.25) is 17.1 Å². The molecule has 0 aliphatic carbocycles. The Labute approximate surface area is 174 Å². The van der Waals surface area contributed by atoms with Crippen molar-refractivity contribution >= 4 is 45.5 Å². The van der Waals surface area contributed by atoms with E-state index in [1.54, 1.807) is 42.5 Å². The molecule has 2 N–H and O–H groups in total. The van der Waals surface area contributed by atoms with Crippen LogP contribution in [0.1, 0.15) is 15.9 Å². The first-order valence-electron chi connectivity index (χ1n) is 8.70. The first-order chi connectivity index (χ1) is 14.0. The molecular weight excluding hydrogens is 410 g/mol. The zero-order chi connectivity index (χ0) is 20.4. The van der Waals surface area contributed by atoms with Crippen molar-refractivity contribution in [3.8, 4) is 11.5 Å². The van der Waals surface area contributed by atoms with Gasteiger partial charge in [-0.15, -0.1) is 0 Å². The minimum atomic E-state index is -1.80. The average Bonchev–Trinajstić information content (AvgIpc) is 3.12. The van der Waals surface area contributed by atoms with E-state index in [0.29, 0.717) is 33.3 Å². The lowest BCUT2D eigenvalue weighted by Gasteiger charge is -2.07. The molecule has 1 atom stereocenters. The molecule has 1 unspecified atom stereocenters. The lowest BCUT2D eigenvalue weighted by Crippen LogP contribution is -2.29. The van der Waals surface area contributed by atoms with E-state index < -0.39 is 17.1 Å². The molecule has 1 aromatic heterocycles. The standard InChI is InChI=1S/C21H16ClN3O3S/c1-13-2-4-14(5-3-13)20(26)25-29(27)24-17-10-11-19-18(12-17)23-21(28-19)15-6-8-16(22)9-7-15/h2-12,24H,1H3,(H,25,26). The number of oxazole rings is 1. The highest BCUT2D eigenvalue weighted by molar-refractivity contribution is 7.85. The monoisotopic (exact) mass is 425 g/mol. The number of benzene rings is 3. The van der Waals surface area contributed by atoms with E-state index in [2.05, 4.69) is 14.4 Å². The summed E-state index contributed by atoms with van der Waals surface area (Å²) in [5.41, 5.74) is 4.01. The molecule has 146 valence electrons. The van der Waals surface area contributed by atoms with Gasteiger partial charge in [0.05, 0.1) is 5.69 Å². The smallest absolute Gasteiger partial charge is 0.264 e. The van der Waals surface area contributed by atoms with E-state index in [1.807, 2.05) is 31.2 Å².